The quantitative estimate of drug-likeness (QED) is 0.807. The molecule has 0 radical (unpaired) electrons. The molecule has 1 aromatic rings. The van der Waals surface area contributed by atoms with E-state index >= 15 is 0 Å². The molecular weight excluding hydrogens is 227 g/mol. The maximum atomic E-state index is 5.96. The molecule has 98 valence electrons. The Morgan fingerprint density at radius 2 is 1.78 bits per heavy atom. The molecule has 1 aliphatic heterocycles. The van der Waals surface area contributed by atoms with Crippen LogP contribution in [0.5, 0.6) is 0 Å². The van der Waals surface area contributed by atoms with E-state index in [1.54, 1.807) is 0 Å². The third-order valence-electron chi connectivity index (χ3n) is 3.77. The van der Waals surface area contributed by atoms with E-state index in [9.17, 15) is 0 Å². The summed E-state index contributed by atoms with van der Waals surface area (Å²) < 4.78 is 11.9. The first-order valence-electron chi connectivity index (χ1n) is 6.36. The van der Waals surface area contributed by atoms with Gasteiger partial charge in [-0.3, -0.25) is 4.98 Å². The summed E-state index contributed by atoms with van der Waals surface area (Å²) in [6.07, 6.45) is 2.61. The lowest BCUT2D eigenvalue weighted by molar-refractivity contribution is 0.00578. The minimum atomic E-state index is -0.338. The first-order valence-corrected chi connectivity index (χ1v) is 6.36. The summed E-state index contributed by atoms with van der Waals surface area (Å²) in [6.45, 7) is 8.79. The first kappa shape index (κ1) is 13.5. The van der Waals surface area contributed by atoms with Crippen molar-refractivity contribution >= 4 is 12.6 Å². The van der Waals surface area contributed by atoms with Gasteiger partial charge in [0.1, 0.15) is 0 Å². The van der Waals surface area contributed by atoms with Crippen LogP contribution >= 0.6 is 0 Å². The average Bonchev–Trinajstić information content (AvgIpc) is 2.50. The molecule has 2 N–H and O–H groups in total. The normalized spacial score (nSPS) is 21.3. The average molecular weight is 248 g/mol. The molecule has 0 aliphatic carbocycles. The lowest BCUT2D eigenvalue weighted by atomic mass is 9.80. The van der Waals surface area contributed by atoms with E-state index in [-0.39, 0.29) is 18.3 Å². The number of hydrogen-bond acceptors (Lipinski definition) is 4. The van der Waals surface area contributed by atoms with Crippen molar-refractivity contribution in [1.82, 2.24) is 4.98 Å². The fourth-order valence-electron chi connectivity index (χ4n) is 1.85. The predicted octanol–water partition coefficient (Wildman–Crippen LogP) is 0.882. The van der Waals surface area contributed by atoms with Crippen molar-refractivity contribution in [2.24, 2.45) is 5.73 Å². The van der Waals surface area contributed by atoms with Gasteiger partial charge in [-0.05, 0) is 40.3 Å². The molecule has 5 heteroatoms. The van der Waals surface area contributed by atoms with Gasteiger partial charge in [0.05, 0.1) is 11.2 Å². The van der Waals surface area contributed by atoms with Crippen LogP contribution in [-0.4, -0.2) is 29.8 Å². The standard InChI is InChI=1S/C13H21BN2O2/c1-12(2)13(3,4)18-14(17-12)10-5-6-11(7-8-15)16-9-10/h5-6,9H,7-8,15H2,1-4H3. The van der Waals surface area contributed by atoms with Crippen LogP contribution < -0.4 is 11.2 Å². The molecule has 0 saturated carbocycles. The number of hydrogen-bond donors (Lipinski definition) is 1. The van der Waals surface area contributed by atoms with E-state index in [2.05, 4.69) is 4.98 Å². The molecule has 1 fully saturated rings. The van der Waals surface area contributed by atoms with Gasteiger partial charge in [-0.15, -0.1) is 0 Å². The van der Waals surface area contributed by atoms with E-state index < -0.39 is 0 Å². The van der Waals surface area contributed by atoms with E-state index in [1.807, 2.05) is 46.0 Å². The Bertz CT molecular complexity index is 402. The van der Waals surface area contributed by atoms with Crippen LogP contribution in [0, 0.1) is 0 Å². The monoisotopic (exact) mass is 248 g/mol. The third kappa shape index (κ3) is 2.43. The van der Waals surface area contributed by atoms with Gasteiger partial charge in [0.2, 0.25) is 0 Å². The highest BCUT2D eigenvalue weighted by Crippen LogP contribution is 2.36. The van der Waals surface area contributed by atoms with Gasteiger partial charge >= 0.3 is 7.12 Å². The molecule has 0 atom stereocenters. The number of aromatic nitrogens is 1. The Morgan fingerprint density at radius 3 is 2.22 bits per heavy atom. The second-order valence-corrected chi connectivity index (χ2v) is 5.71. The van der Waals surface area contributed by atoms with Crippen molar-refractivity contribution in [2.45, 2.75) is 45.3 Å². The number of nitrogens with zero attached hydrogens (tertiary/aromatic N) is 1. The summed E-state index contributed by atoms with van der Waals surface area (Å²) in [5.41, 5.74) is 6.83. The van der Waals surface area contributed by atoms with Crippen LogP contribution in [0.15, 0.2) is 18.3 Å². The van der Waals surface area contributed by atoms with E-state index in [0.717, 1.165) is 17.6 Å². The fourth-order valence-corrected chi connectivity index (χ4v) is 1.85. The molecule has 2 heterocycles. The van der Waals surface area contributed by atoms with Gasteiger partial charge < -0.3 is 15.0 Å². The molecule has 0 unspecified atom stereocenters. The molecule has 1 saturated heterocycles. The minimum absolute atomic E-state index is 0.312. The van der Waals surface area contributed by atoms with Crippen molar-refractivity contribution in [2.75, 3.05) is 6.54 Å². The van der Waals surface area contributed by atoms with E-state index in [4.69, 9.17) is 15.0 Å². The summed E-state index contributed by atoms with van der Waals surface area (Å²) in [5.74, 6) is 0. The lowest BCUT2D eigenvalue weighted by Crippen LogP contribution is -2.41. The second kappa shape index (κ2) is 4.65. The SMILES string of the molecule is CC1(C)OB(c2ccc(CCN)nc2)OC1(C)C. The van der Waals surface area contributed by atoms with Crippen LogP contribution in [0.3, 0.4) is 0 Å². The van der Waals surface area contributed by atoms with E-state index in [1.165, 1.54) is 0 Å². The van der Waals surface area contributed by atoms with Gasteiger partial charge in [0.25, 0.3) is 0 Å². The summed E-state index contributed by atoms with van der Waals surface area (Å²) in [6, 6.07) is 3.98. The highest BCUT2D eigenvalue weighted by atomic mass is 16.7. The van der Waals surface area contributed by atoms with E-state index in [0.29, 0.717) is 6.54 Å². The maximum Gasteiger partial charge on any atom is 0.496 e. The van der Waals surface area contributed by atoms with Crippen molar-refractivity contribution in [3.63, 3.8) is 0 Å². The van der Waals surface area contributed by atoms with Gasteiger partial charge in [-0.25, -0.2) is 0 Å². The van der Waals surface area contributed by atoms with Crippen LogP contribution in [0.4, 0.5) is 0 Å². The highest BCUT2D eigenvalue weighted by molar-refractivity contribution is 6.62. The van der Waals surface area contributed by atoms with Gasteiger partial charge in [-0.1, -0.05) is 6.07 Å². The molecule has 18 heavy (non-hydrogen) atoms. The largest absolute Gasteiger partial charge is 0.496 e. The first-order chi connectivity index (χ1) is 8.36. The minimum Gasteiger partial charge on any atom is -0.399 e. The van der Waals surface area contributed by atoms with Crippen molar-refractivity contribution < 1.29 is 9.31 Å². The summed E-state index contributed by atoms with van der Waals surface area (Å²) >= 11 is 0. The zero-order valence-corrected chi connectivity index (χ0v) is 11.6. The topological polar surface area (TPSA) is 57.4 Å². The lowest BCUT2D eigenvalue weighted by Gasteiger charge is -2.32. The summed E-state index contributed by atoms with van der Waals surface area (Å²) in [4.78, 5) is 4.37. The van der Waals surface area contributed by atoms with Crippen LogP contribution in [0.2, 0.25) is 0 Å². The summed E-state index contributed by atoms with van der Waals surface area (Å²) in [5, 5.41) is 0. The van der Waals surface area contributed by atoms with Crippen molar-refractivity contribution in [3.05, 3.63) is 24.0 Å². The molecule has 2 rings (SSSR count). The molecule has 1 aromatic heterocycles. The van der Waals surface area contributed by atoms with Crippen LogP contribution in [0.25, 0.3) is 0 Å². The number of pyridine rings is 1. The Kier molecular flexibility index (Phi) is 3.49. The molecule has 0 bridgehead atoms. The number of nitrogens with two attached hydrogens (primary N) is 1. The molecular formula is C13H21BN2O2. The van der Waals surface area contributed by atoms with Gasteiger partial charge in [0, 0.05) is 23.8 Å². The zero-order chi connectivity index (χ0) is 13.4. The molecule has 0 amide bonds. The predicted molar refractivity (Wildman–Crippen MR) is 72.7 cm³/mol. The molecule has 0 spiro atoms. The zero-order valence-electron chi connectivity index (χ0n) is 11.6. The Morgan fingerprint density at radius 1 is 1.17 bits per heavy atom. The smallest absolute Gasteiger partial charge is 0.399 e. The van der Waals surface area contributed by atoms with Gasteiger partial charge in [0.15, 0.2) is 0 Å². The number of rotatable bonds is 3. The Hall–Kier alpha value is -0.905. The Balaban J connectivity index is 2.14. The van der Waals surface area contributed by atoms with Crippen molar-refractivity contribution in [1.29, 1.82) is 0 Å². The maximum absolute atomic E-state index is 5.96. The van der Waals surface area contributed by atoms with Crippen LogP contribution in [0.1, 0.15) is 33.4 Å². The van der Waals surface area contributed by atoms with Gasteiger partial charge in [-0.2, -0.15) is 0 Å². The fraction of sp³-hybridized carbons (Fsp3) is 0.615. The Labute approximate surface area is 109 Å². The third-order valence-corrected chi connectivity index (χ3v) is 3.77. The molecule has 4 nitrogen and oxygen atoms in total. The molecule has 0 aromatic carbocycles. The summed E-state index contributed by atoms with van der Waals surface area (Å²) in [7, 11) is -0.338. The second-order valence-electron chi connectivity index (χ2n) is 5.71. The highest BCUT2D eigenvalue weighted by Gasteiger charge is 2.51. The van der Waals surface area contributed by atoms with Crippen molar-refractivity contribution in [3.8, 4) is 0 Å². The molecule has 1 aliphatic rings. The van der Waals surface area contributed by atoms with Crippen LogP contribution in [-0.2, 0) is 15.7 Å².